The quantitative estimate of drug-likeness (QED) is 0.888. The van der Waals surface area contributed by atoms with Gasteiger partial charge in [0.2, 0.25) is 5.76 Å². The number of furan rings is 1. The van der Waals surface area contributed by atoms with E-state index < -0.39 is 16.8 Å². The predicted octanol–water partition coefficient (Wildman–Crippen LogP) is 2.01. The van der Waals surface area contributed by atoms with Crippen molar-refractivity contribution in [3.63, 3.8) is 0 Å². The highest BCUT2D eigenvalue weighted by Gasteiger charge is 2.10. The van der Waals surface area contributed by atoms with Crippen molar-refractivity contribution in [3.05, 3.63) is 35.6 Å². The number of carbonyl (C=O) groups is 1. The molecule has 4 nitrogen and oxygen atoms in total. The molecule has 0 fully saturated rings. The van der Waals surface area contributed by atoms with Gasteiger partial charge in [-0.05, 0) is 23.8 Å². The van der Waals surface area contributed by atoms with E-state index in [0.29, 0.717) is 11.3 Å². The molecule has 16 heavy (non-hydrogen) atoms. The standard InChI is InChI=1S/C11H10O4S/c1-16(14)6-7-2-3-9-8(4-7)5-10(15-9)11(12)13/h2-5H,6H2,1H3,(H,12,13). The zero-order chi connectivity index (χ0) is 11.7. The molecule has 1 heterocycles. The van der Waals surface area contributed by atoms with Gasteiger partial charge < -0.3 is 9.52 Å². The van der Waals surface area contributed by atoms with Crippen LogP contribution in [0.15, 0.2) is 28.7 Å². The maximum atomic E-state index is 11.1. The third-order valence-electron chi connectivity index (χ3n) is 2.16. The fourth-order valence-electron chi connectivity index (χ4n) is 1.52. The van der Waals surface area contributed by atoms with Crippen molar-refractivity contribution in [2.75, 3.05) is 6.26 Å². The van der Waals surface area contributed by atoms with Gasteiger partial charge in [0.25, 0.3) is 0 Å². The Balaban J connectivity index is 2.45. The summed E-state index contributed by atoms with van der Waals surface area (Å²) in [4.78, 5) is 10.7. The Kier molecular flexibility index (Phi) is 2.78. The zero-order valence-electron chi connectivity index (χ0n) is 8.60. The molecule has 1 aromatic heterocycles. The molecule has 0 bridgehead atoms. The summed E-state index contributed by atoms with van der Waals surface area (Å²) in [6.45, 7) is 0. The van der Waals surface area contributed by atoms with E-state index in [2.05, 4.69) is 0 Å². The molecule has 0 aliphatic rings. The van der Waals surface area contributed by atoms with Gasteiger partial charge in [-0.2, -0.15) is 0 Å². The fraction of sp³-hybridized carbons (Fsp3) is 0.182. The molecule has 0 radical (unpaired) electrons. The van der Waals surface area contributed by atoms with Crippen molar-refractivity contribution in [2.45, 2.75) is 5.75 Å². The Morgan fingerprint density at radius 2 is 2.19 bits per heavy atom. The van der Waals surface area contributed by atoms with E-state index in [0.717, 1.165) is 10.9 Å². The number of fused-ring (bicyclic) bond motifs is 1. The second kappa shape index (κ2) is 4.09. The van der Waals surface area contributed by atoms with Crippen LogP contribution in [-0.2, 0) is 16.6 Å². The first-order valence-electron chi connectivity index (χ1n) is 4.62. The van der Waals surface area contributed by atoms with E-state index in [9.17, 15) is 9.00 Å². The van der Waals surface area contributed by atoms with Gasteiger partial charge in [0.05, 0.1) is 0 Å². The lowest BCUT2D eigenvalue weighted by atomic mass is 10.2. The second-order valence-electron chi connectivity index (χ2n) is 3.51. The second-order valence-corrected chi connectivity index (χ2v) is 4.94. The van der Waals surface area contributed by atoms with Crippen LogP contribution in [0.25, 0.3) is 11.0 Å². The van der Waals surface area contributed by atoms with Crippen LogP contribution < -0.4 is 0 Å². The van der Waals surface area contributed by atoms with Gasteiger partial charge in [0.15, 0.2) is 0 Å². The Morgan fingerprint density at radius 3 is 2.81 bits per heavy atom. The lowest BCUT2D eigenvalue weighted by Gasteiger charge is -1.97. The lowest BCUT2D eigenvalue weighted by Crippen LogP contribution is -1.91. The number of benzene rings is 1. The fourth-order valence-corrected chi connectivity index (χ4v) is 2.17. The van der Waals surface area contributed by atoms with E-state index >= 15 is 0 Å². The van der Waals surface area contributed by atoms with Crippen molar-refractivity contribution in [2.24, 2.45) is 0 Å². The highest BCUT2D eigenvalue weighted by atomic mass is 32.2. The Labute approximate surface area is 94.3 Å². The molecule has 1 aromatic carbocycles. The van der Waals surface area contributed by atoms with Gasteiger partial charge in [-0.15, -0.1) is 0 Å². The van der Waals surface area contributed by atoms with Gasteiger partial charge in [-0.3, -0.25) is 4.21 Å². The van der Waals surface area contributed by atoms with Crippen molar-refractivity contribution in [1.82, 2.24) is 0 Å². The topological polar surface area (TPSA) is 67.5 Å². The summed E-state index contributed by atoms with van der Waals surface area (Å²) < 4.78 is 16.2. The van der Waals surface area contributed by atoms with E-state index in [4.69, 9.17) is 9.52 Å². The first-order chi connectivity index (χ1) is 7.56. The molecular weight excluding hydrogens is 228 g/mol. The molecule has 0 aliphatic carbocycles. The van der Waals surface area contributed by atoms with Crippen LogP contribution in [-0.4, -0.2) is 21.5 Å². The molecule has 0 aliphatic heterocycles. The molecule has 0 saturated heterocycles. The number of aromatic carboxylic acids is 1. The van der Waals surface area contributed by atoms with E-state index in [1.807, 2.05) is 0 Å². The average Bonchev–Trinajstić information content (AvgIpc) is 2.59. The Hall–Kier alpha value is -1.62. The zero-order valence-corrected chi connectivity index (χ0v) is 9.41. The average molecular weight is 238 g/mol. The molecule has 2 rings (SSSR count). The molecule has 5 heteroatoms. The normalized spacial score (nSPS) is 12.8. The molecule has 1 atom stereocenters. The molecule has 0 saturated carbocycles. The summed E-state index contributed by atoms with van der Waals surface area (Å²) >= 11 is 0. The largest absolute Gasteiger partial charge is 0.475 e. The van der Waals surface area contributed by atoms with Gasteiger partial charge in [-0.25, -0.2) is 4.79 Å². The number of hydrogen-bond donors (Lipinski definition) is 1. The number of carboxylic acid groups (broad SMARTS) is 1. The van der Waals surface area contributed by atoms with Crippen LogP contribution in [0.3, 0.4) is 0 Å². The van der Waals surface area contributed by atoms with Crippen LogP contribution in [0.1, 0.15) is 16.1 Å². The number of carboxylic acids is 1. The maximum Gasteiger partial charge on any atom is 0.371 e. The summed E-state index contributed by atoms with van der Waals surface area (Å²) in [5.74, 6) is -0.703. The third-order valence-corrected chi connectivity index (χ3v) is 2.90. The van der Waals surface area contributed by atoms with Crippen LogP contribution >= 0.6 is 0 Å². The van der Waals surface area contributed by atoms with Crippen molar-refractivity contribution >= 4 is 27.7 Å². The number of hydrogen-bond acceptors (Lipinski definition) is 3. The monoisotopic (exact) mass is 238 g/mol. The Bertz CT molecular complexity index is 570. The highest BCUT2D eigenvalue weighted by Crippen LogP contribution is 2.21. The molecule has 0 amide bonds. The van der Waals surface area contributed by atoms with Crippen LogP contribution in [0.5, 0.6) is 0 Å². The van der Waals surface area contributed by atoms with Crippen LogP contribution in [0, 0.1) is 0 Å². The summed E-state index contributed by atoms with van der Waals surface area (Å²) in [5, 5.41) is 9.48. The van der Waals surface area contributed by atoms with E-state index in [1.165, 1.54) is 6.07 Å². The molecular formula is C11H10O4S. The van der Waals surface area contributed by atoms with Crippen LogP contribution in [0.4, 0.5) is 0 Å². The van der Waals surface area contributed by atoms with Crippen molar-refractivity contribution < 1.29 is 18.5 Å². The molecule has 2 aromatic rings. The summed E-state index contributed by atoms with van der Waals surface area (Å²) in [5.41, 5.74) is 1.44. The minimum Gasteiger partial charge on any atom is -0.475 e. The van der Waals surface area contributed by atoms with Gasteiger partial charge >= 0.3 is 5.97 Å². The molecule has 0 spiro atoms. The minimum atomic E-state index is -1.09. The molecule has 1 unspecified atom stereocenters. The molecule has 1 N–H and O–H groups in total. The summed E-state index contributed by atoms with van der Waals surface area (Å²) in [6, 6.07) is 6.76. The van der Waals surface area contributed by atoms with E-state index in [1.54, 1.807) is 24.5 Å². The summed E-state index contributed by atoms with van der Waals surface area (Å²) in [6.07, 6.45) is 1.63. The maximum absolute atomic E-state index is 11.1. The smallest absolute Gasteiger partial charge is 0.371 e. The summed E-state index contributed by atoms with van der Waals surface area (Å²) in [7, 11) is -0.908. The highest BCUT2D eigenvalue weighted by molar-refractivity contribution is 7.83. The van der Waals surface area contributed by atoms with Gasteiger partial charge in [-0.1, -0.05) is 6.07 Å². The Morgan fingerprint density at radius 1 is 1.44 bits per heavy atom. The van der Waals surface area contributed by atoms with Crippen molar-refractivity contribution in [1.29, 1.82) is 0 Å². The number of rotatable bonds is 3. The first kappa shape index (κ1) is 10.9. The van der Waals surface area contributed by atoms with Gasteiger partial charge in [0, 0.05) is 28.2 Å². The molecule has 84 valence electrons. The first-order valence-corrected chi connectivity index (χ1v) is 6.35. The van der Waals surface area contributed by atoms with Crippen molar-refractivity contribution in [3.8, 4) is 0 Å². The minimum absolute atomic E-state index is 0.0789. The third kappa shape index (κ3) is 2.14. The van der Waals surface area contributed by atoms with E-state index in [-0.39, 0.29) is 5.76 Å². The lowest BCUT2D eigenvalue weighted by molar-refractivity contribution is 0.0665. The predicted molar refractivity (Wildman–Crippen MR) is 60.9 cm³/mol. The van der Waals surface area contributed by atoms with Gasteiger partial charge in [0.1, 0.15) is 5.58 Å². The van der Waals surface area contributed by atoms with Crippen LogP contribution in [0.2, 0.25) is 0 Å². The SMILES string of the molecule is CS(=O)Cc1ccc2oc(C(=O)O)cc2c1.